The fourth-order valence-electron chi connectivity index (χ4n) is 3.18. The van der Waals surface area contributed by atoms with Crippen molar-refractivity contribution in [1.82, 2.24) is 14.8 Å². The van der Waals surface area contributed by atoms with Gasteiger partial charge < -0.3 is 10.1 Å². The number of pyridine rings is 1. The van der Waals surface area contributed by atoms with Crippen molar-refractivity contribution < 1.29 is 9.53 Å². The number of aromatic nitrogens is 3. The third kappa shape index (κ3) is 3.73. The van der Waals surface area contributed by atoms with Crippen LogP contribution < -0.4 is 10.1 Å². The van der Waals surface area contributed by atoms with E-state index in [0.717, 1.165) is 16.0 Å². The SMILES string of the molecule is CCOc1ccccc1NC(=O)c1cc(-c2cccs2)nc2c1cnn2C(C)C. The van der Waals surface area contributed by atoms with Crippen molar-refractivity contribution in [3.05, 3.63) is 59.6 Å². The van der Waals surface area contributed by atoms with Crippen LogP contribution in [0.15, 0.2) is 54.0 Å². The quantitative estimate of drug-likeness (QED) is 0.466. The minimum atomic E-state index is -0.217. The Hall–Kier alpha value is -3.19. The third-order valence-electron chi connectivity index (χ3n) is 4.51. The van der Waals surface area contributed by atoms with Gasteiger partial charge in [-0.25, -0.2) is 9.67 Å². The Bertz CT molecular complexity index is 1150. The molecule has 29 heavy (non-hydrogen) atoms. The van der Waals surface area contributed by atoms with Crippen LogP contribution in [0.25, 0.3) is 21.6 Å². The van der Waals surface area contributed by atoms with E-state index in [1.165, 1.54) is 0 Å². The van der Waals surface area contributed by atoms with E-state index >= 15 is 0 Å². The number of anilines is 1. The Kier molecular flexibility index (Phi) is 5.31. The smallest absolute Gasteiger partial charge is 0.256 e. The molecule has 0 aliphatic heterocycles. The monoisotopic (exact) mass is 406 g/mol. The zero-order chi connectivity index (χ0) is 20.4. The Labute approximate surface area is 173 Å². The molecule has 1 aromatic carbocycles. The number of fused-ring (bicyclic) bond motifs is 1. The fraction of sp³-hybridized carbons (Fsp3) is 0.227. The Balaban J connectivity index is 1.81. The summed E-state index contributed by atoms with van der Waals surface area (Å²) in [5.74, 6) is 0.427. The van der Waals surface area contributed by atoms with Gasteiger partial charge in [0.1, 0.15) is 5.75 Å². The zero-order valence-electron chi connectivity index (χ0n) is 16.5. The molecule has 0 unspecified atom stereocenters. The van der Waals surface area contributed by atoms with Gasteiger partial charge in [-0.15, -0.1) is 11.3 Å². The third-order valence-corrected chi connectivity index (χ3v) is 5.40. The van der Waals surface area contributed by atoms with Gasteiger partial charge in [-0.2, -0.15) is 5.10 Å². The lowest BCUT2D eigenvalue weighted by atomic mass is 10.1. The number of hydrogen-bond acceptors (Lipinski definition) is 5. The van der Waals surface area contributed by atoms with E-state index in [2.05, 4.69) is 10.4 Å². The maximum absolute atomic E-state index is 13.3. The van der Waals surface area contributed by atoms with E-state index in [-0.39, 0.29) is 11.9 Å². The van der Waals surface area contributed by atoms with E-state index in [1.54, 1.807) is 17.5 Å². The highest BCUT2D eigenvalue weighted by Gasteiger charge is 2.19. The molecular weight excluding hydrogens is 384 g/mol. The number of thiophene rings is 1. The average molecular weight is 407 g/mol. The molecule has 0 saturated carbocycles. The van der Waals surface area contributed by atoms with Gasteiger partial charge in [0.15, 0.2) is 5.65 Å². The standard InChI is InChI=1S/C22H22N4O2S/c1-4-28-19-9-6-5-8-17(19)25-22(27)15-12-18(20-10-7-11-29-20)24-21-16(15)13-23-26(21)14(2)3/h5-14H,4H2,1-3H3,(H,25,27). The molecule has 0 aliphatic rings. The normalized spacial score (nSPS) is 11.2. The molecule has 0 bridgehead atoms. The van der Waals surface area contributed by atoms with Crippen LogP contribution in [0.2, 0.25) is 0 Å². The first-order valence-electron chi connectivity index (χ1n) is 9.53. The molecule has 0 aliphatic carbocycles. The van der Waals surface area contributed by atoms with Gasteiger partial charge in [0.05, 0.1) is 40.0 Å². The second-order valence-corrected chi connectivity index (χ2v) is 7.78. The maximum atomic E-state index is 13.3. The lowest BCUT2D eigenvalue weighted by molar-refractivity contribution is 0.102. The van der Waals surface area contributed by atoms with Crippen LogP contribution in [0.5, 0.6) is 5.75 Å². The van der Waals surface area contributed by atoms with Gasteiger partial charge in [-0.05, 0) is 50.4 Å². The molecule has 0 spiro atoms. The molecule has 1 amide bonds. The molecule has 148 valence electrons. The lowest BCUT2D eigenvalue weighted by Gasteiger charge is -2.13. The number of nitrogens with zero attached hydrogens (tertiary/aromatic N) is 3. The molecule has 0 atom stereocenters. The molecule has 1 N–H and O–H groups in total. The Morgan fingerprint density at radius 1 is 1.24 bits per heavy atom. The van der Waals surface area contributed by atoms with Crippen molar-refractivity contribution in [2.75, 3.05) is 11.9 Å². The number of ether oxygens (including phenoxy) is 1. The van der Waals surface area contributed by atoms with Gasteiger partial charge in [0.2, 0.25) is 0 Å². The Morgan fingerprint density at radius 3 is 2.79 bits per heavy atom. The second kappa shape index (κ2) is 8.05. The van der Waals surface area contributed by atoms with Crippen molar-refractivity contribution >= 4 is 34.0 Å². The summed E-state index contributed by atoms with van der Waals surface area (Å²) in [4.78, 5) is 19.1. The lowest BCUT2D eigenvalue weighted by Crippen LogP contribution is -2.14. The second-order valence-electron chi connectivity index (χ2n) is 6.84. The van der Waals surface area contributed by atoms with Gasteiger partial charge >= 0.3 is 0 Å². The van der Waals surface area contributed by atoms with Crippen LogP contribution in [0.3, 0.4) is 0 Å². The van der Waals surface area contributed by atoms with Gasteiger partial charge in [0.25, 0.3) is 5.91 Å². The Morgan fingerprint density at radius 2 is 2.07 bits per heavy atom. The van der Waals surface area contributed by atoms with Crippen molar-refractivity contribution in [2.24, 2.45) is 0 Å². The zero-order valence-corrected chi connectivity index (χ0v) is 17.4. The maximum Gasteiger partial charge on any atom is 0.256 e. The minimum Gasteiger partial charge on any atom is -0.492 e. The highest BCUT2D eigenvalue weighted by atomic mass is 32.1. The van der Waals surface area contributed by atoms with Gasteiger partial charge in [0, 0.05) is 6.04 Å². The number of para-hydroxylation sites is 2. The van der Waals surface area contributed by atoms with E-state index in [0.29, 0.717) is 29.3 Å². The first-order chi connectivity index (χ1) is 14.1. The average Bonchev–Trinajstić information content (AvgIpc) is 3.38. The summed E-state index contributed by atoms with van der Waals surface area (Å²) < 4.78 is 7.48. The summed E-state index contributed by atoms with van der Waals surface area (Å²) in [6.07, 6.45) is 1.71. The fourth-order valence-corrected chi connectivity index (χ4v) is 3.86. The van der Waals surface area contributed by atoms with E-state index < -0.39 is 0 Å². The van der Waals surface area contributed by atoms with E-state index in [4.69, 9.17) is 9.72 Å². The van der Waals surface area contributed by atoms with Crippen LogP contribution in [-0.4, -0.2) is 27.3 Å². The van der Waals surface area contributed by atoms with E-state index in [1.807, 2.05) is 73.3 Å². The van der Waals surface area contributed by atoms with Crippen LogP contribution in [0.4, 0.5) is 5.69 Å². The number of amides is 1. The molecule has 4 rings (SSSR count). The number of carbonyl (C=O) groups is 1. The molecule has 0 radical (unpaired) electrons. The van der Waals surface area contributed by atoms with Crippen LogP contribution in [-0.2, 0) is 0 Å². The summed E-state index contributed by atoms with van der Waals surface area (Å²) in [7, 11) is 0. The summed E-state index contributed by atoms with van der Waals surface area (Å²) in [6, 6.07) is 13.4. The highest BCUT2D eigenvalue weighted by molar-refractivity contribution is 7.13. The number of hydrogen-bond donors (Lipinski definition) is 1. The van der Waals surface area contributed by atoms with Crippen LogP contribution >= 0.6 is 11.3 Å². The summed E-state index contributed by atoms with van der Waals surface area (Å²) in [5.41, 5.74) is 2.64. The predicted octanol–water partition coefficient (Wildman–Crippen LogP) is 5.39. The summed E-state index contributed by atoms with van der Waals surface area (Å²) >= 11 is 1.59. The number of carbonyl (C=O) groups excluding carboxylic acids is 1. The largest absolute Gasteiger partial charge is 0.492 e. The topological polar surface area (TPSA) is 69.0 Å². The summed E-state index contributed by atoms with van der Waals surface area (Å²) in [5, 5.41) is 10.2. The van der Waals surface area contributed by atoms with Crippen molar-refractivity contribution in [3.63, 3.8) is 0 Å². The van der Waals surface area contributed by atoms with Crippen molar-refractivity contribution in [3.8, 4) is 16.3 Å². The highest BCUT2D eigenvalue weighted by Crippen LogP contribution is 2.30. The minimum absolute atomic E-state index is 0.133. The van der Waals surface area contributed by atoms with Gasteiger partial charge in [-0.3, -0.25) is 4.79 Å². The molecule has 4 aromatic rings. The molecule has 3 heterocycles. The molecule has 0 saturated heterocycles. The van der Waals surface area contributed by atoms with Crippen LogP contribution in [0, 0.1) is 0 Å². The molecular formula is C22H22N4O2S. The van der Waals surface area contributed by atoms with E-state index in [9.17, 15) is 4.79 Å². The first kappa shape index (κ1) is 19.1. The predicted molar refractivity (Wildman–Crippen MR) is 117 cm³/mol. The molecule has 6 nitrogen and oxygen atoms in total. The van der Waals surface area contributed by atoms with Crippen molar-refractivity contribution in [2.45, 2.75) is 26.8 Å². The van der Waals surface area contributed by atoms with Crippen LogP contribution in [0.1, 0.15) is 37.2 Å². The molecule has 7 heteroatoms. The molecule has 3 aromatic heterocycles. The summed E-state index contributed by atoms with van der Waals surface area (Å²) in [6.45, 7) is 6.53. The number of benzene rings is 1. The number of rotatable bonds is 6. The first-order valence-corrected chi connectivity index (χ1v) is 10.4. The number of nitrogens with one attached hydrogen (secondary N) is 1. The van der Waals surface area contributed by atoms with Gasteiger partial charge in [-0.1, -0.05) is 18.2 Å². The van der Waals surface area contributed by atoms with Crippen molar-refractivity contribution in [1.29, 1.82) is 0 Å². The molecule has 0 fully saturated rings.